The predicted molar refractivity (Wildman–Crippen MR) is 86.7 cm³/mol. The average molecular weight is 336 g/mol. The van der Waals surface area contributed by atoms with Gasteiger partial charge >= 0.3 is 6.03 Å². The number of sulfone groups is 1. The van der Waals surface area contributed by atoms with Crippen molar-refractivity contribution >= 4 is 21.6 Å². The van der Waals surface area contributed by atoms with Crippen molar-refractivity contribution in [3.05, 3.63) is 59.9 Å². The van der Waals surface area contributed by atoms with Crippen LogP contribution in [0.1, 0.15) is 5.56 Å². The Hall–Kier alpha value is -2.41. The fourth-order valence-electron chi connectivity index (χ4n) is 1.97. The first-order valence-electron chi connectivity index (χ1n) is 6.94. The highest BCUT2D eigenvalue weighted by Gasteiger charge is 2.07. The molecule has 0 saturated carbocycles. The van der Waals surface area contributed by atoms with Crippen molar-refractivity contribution in [2.24, 2.45) is 0 Å². The number of carbonyl (C=O) groups is 1. The number of halogens is 1. The van der Waals surface area contributed by atoms with Gasteiger partial charge in [0.2, 0.25) is 0 Å². The average Bonchev–Trinajstić information content (AvgIpc) is 2.47. The standard InChI is InChI=1S/C16H17FN2O3S/c1-23(21,22)15-7-5-14(6-8-15)19-16(20)18-10-9-12-3-2-4-13(17)11-12/h2-8,11H,9-10H2,1H3,(H2,18,19,20). The van der Waals surface area contributed by atoms with Crippen molar-refractivity contribution < 1.29 is 17.6 Å². The Bertz CT molecular complexity index is 789. The van der Waals surface area contributed by atoms with Gasteiger partial charge in [-0.3, -0.25) is 0 Å². The van der Waals surface area contributed by atoms with Gasteiger partial charge in [-0.1, -0.05) is 12.1 Å². The minimum absolute atomic E-state index is 0.189. The van der Waals surface area contributed by atoms with E-state index in [4.69, 9.17) is 0 Å². The van der Waals surface area contributed by atoms with Crippen LogP contribution < -0.4 is 10.6 Å². The van der Waals surface area contributed by atoms with Crippen LogP contribution in [0.15, 0.2) is 53.4 Å². The van der Waals surface area contributed by atoms with Gasteiger partial charge in [0.05, 0.1) is 4.90 Å². The summed E-state index contributed by atoms with van der Waals surface area (Å²) >= 11 is 0. The van der Waals surface area contributed by atoms with Crippen LogP contribution in [0, 0.1) is 5.82 Å². The highest BCUT2D eigenvalue weighted by molar-refractivity contribution is 7.90. The van der Waals surface area contributed by atoms with E-state index in [1.54, 1.807) is 12.1 Å². The highest BCUT2D eigenvalue weighted by atomic mass is 32.2. The van der Waals surface area contributed by atoms with Gasteiger partial charge < -0.3 is 10.6 Å². The van der Waals surface area contributed by atoms with Gasteiger partial charge in [0.1, 0.15) is 5.82 Å². The van der Waals surface area contributed by atoms with Crippen LogP contribution in [0.25, 0.3) is 0 Å². The summed E-state index contributed by atoms with van der Waals surface area (Å²) in [5.74, 6) is -0.307. The number of urea groups is 1. The number of hydrogen-bond donors (Lipinski definition) is 2. The molecule has 2 amide bonds. The number of nitrogens with one attached hydrogen (secondary N) is 2. The molecule has 7 heteroatoms. The molecule has 2 rings (SSSR count). The van der Waals surface area contributed by atoms with Gasteiger partial charge in [-0.15, -0.1) is 0 Å². The monoisotopic (exact) mass is 336 g/mol. The minimum Gasteiger partial charge on any atom is -0.338 e. The molecule has 0 radical (unpaired) electrons. The van der Waals surface area contributed by atoms with Crippen molar-refractivity contribution in [1.29, 1.82) is 0 Å². The summed E-state index contributed by atoms with van der Waals surface area (Å²) in [6.45, 7) is 0.358. The molecule has 0 unspecified atom stereocenters. The van der Waals surface area contributed by atoms with Crippen LogP contribution in [0.3, 0.4) is 0 Å². The maximum atomic E-state index is 13.0. The molecule has 0 aliphatic rings. The van der Waals surface area contributed by atoms with Gasteiger partial charge in [-0.25, -0.2) is 17.6 Å². The van der Waals surface area contributed by atoms with Gasteiger partial charge in [0.25, 0.3) is 0 Å². The lowest BCUT2D eigenvalue weighted by atomic mass is 10.1. The first kappa shape index (κ1) is 17.0. The van der Waals surface area contributed by atoms with E-state index < -0.39 is 15.9 Å². The van der Waals surface area contributed by atoms with E-state index in [-0.39, 0.29) is 10.7 Å². The predicted octanol–water partition coefficient (Wildman–Crippen LogP) is 2.59. The number of benzene rings is 2. The second-order valence-corrected chi connectivity index (χ2v) is 7.07. The van der Waals surface area contributed by atoms with E-state index in [2.05, 4.69) is 10.6 Å². The largest absolute Gasteiger partial charge is 0.338 e. The number of carbonyl (C=O) groups excluding carboxylic acids is 1. The van der Waals surface area contributed by atoms with E-state index in [9.17, 15) is 17.6 Å². The maximum Gasteiger partial charge on any atom is 0.319 e. The normalized spacial score (nSPS) is 11.0. The highest BCUT2D eigenvalue weighted by Crippen LogP contribution is 2.13. The molecule has 0 atom stereocenters. The van der Waals surface area contributed by atoms with Gasteiger partial charge in [0.15, 0.2) is 9.84 Å². The molecule has 23 heavy (non-hydrogen) atoms. The Morgan fingerprint density at radius 2 is 1.83 bits per heavy atom. The van der Waals surface area contributed by atoms with Crippen molar-refractivity contribution in [2.45, 2.75) is 11.3 Å². The van der Waals surface area contributed by atoms with Crippen molar-refractivity contribution in [1.82, 2.24) is 5.32 Å². The number of anilines is 1. The molecule has 5 nitrogen and oxygen atoms in total. The third-order valence-corrected chi connectivity index (χ3v) is 4.26. The topological polar surface area (TPSA) is 75.3 Å². The van der Waals surface area contributed by atoms with E-state index in [1.807, 2.05) is 0 Å². The molecular formula is C16H17FN2O3S. The van der Waals surface area contributed by atoms with E-state index >= 15 is 0 Å². The Kier molecular flexibility index (Phi) is 5.33. The minimum atomic E-state index is -3.26. The first-order chi connectivity index (χ1) is 10.8. The second kappa shape index (κ2) is 7.23. The lowest BCUT2D eigenvalue weighted by Crippen LogP contribution is -2.30. The molecule has 0 aromatic heterocycles. The van der Waals surface area contributed by atoms with Crippen LogP contribution in [-0.2, 0) is 16.3 Å². The van der Waals surface area contributed by atoms with Crippen molar-refractivity contribution in [3.8, 4) is 0 Å². The van der Waals surface area contributed by atoms with Gasteiger partial charge in [-0.2, -0.15) is 0 Å². The van der Waals surface area contributed by atoms with E-state index in [0.717, 1.165) is 11.8 Å². The Morgan fingerprint density at radius 1 is 1.13 bits per heavy atom. The first-order valence-corrected chi connectivity index (χ1v) is 8.83. The van der Waals surface area contributed by atoms with Crippen LogP contribution in [0.2, 0.25) is 0 Å². The van der Waals surface area contributed by atoms with Crippen molar-refractivity contribution in [2.75, 3.05) is 18.1 Å². The zero-order valence-electron chi connectivity index (χ0n) is 12.5. The summed E-state index contributed by atoms with van der Waals surface area (Å²) in [5.41, 5.74) is 1.28. The SMILES string of the molecule is CS(=O)(=O)c1ccc(NC(=O)NCCc2cccc(F)c2)cc1. The second-order valence-electron chi connectivity index (χ2n) is 5.06. The van der Waals surface area contributed by atoms with E-state index in [0.29, 0.717) is 18.7 Å². The summed E-state index contributed by atoms with van der Waals surface area (Å²) in [5, 5.41) is 5.25. The molecule has 2 N–H and O–H groups in total. The maximum absolute atomic E-state index is 13.0. The lowest BCUT2D eigenvalue weighted by molar-refractivity contribution is 0.252. The fourth-order valence-corrected chi connectivity index (χ4v) is 2.60. The summed E-state index contributed by atoms with van der Waals surface area (Å²) in [6.07, 6.45) is 1.63. The van der Waals surface area contributed by atoms with Gasteiger partial charge in [0, 0.05) is 18.5 Å². The Morgan fingerprint density at radius 3 is 2.43 bits per heavy atom. The zero-order valence-corrected chi connectivity index (χ0v) is 13.4. The zero-order chi connectivity index (χ0) is 16.9. The van der Waals surface area contributed by atoms with Crippen molar-refractivity contribution in [3.63, 3.8) is 0 Å². The lowest BCUT2D eigenvalue weighted by Gasteiger charge is -2.08. The molecule has 2 aromatic carbocycles. The quantitative estimate of drug-likeness (QED) is 0.881. The summed E-state index contributed by atoms with van der Waals surface area (Å²) in [6, 6.07) is 11.7. The molecule has 0 spiro atoms. The molecule has 0 bridgehead atoms. The van der Waals surface area contributed by atoms with Crippen LogP contribution in [0.5, 0.6) is 0 Å². The molecule has 0 heterocycles. The molecule has 122 valence electrons. The molecule has 0 aliphatic carbocycles. The fraction of sp³-hybridized carbons (Fsp3) is 0.188. The molecule has 0 saturated heterocycles. The summed E-state index contributed by atoms with van der Waals surface area (Å²) < 4.78 is 35.7. The molecule has 0 aliphatic heterocycles. The molecular weight excluding hydrogens is 319 g/mol. The molecule has 2 aromatic rings. The van der Waals surface area contributed by atoms with Crippen LogP contribution in [-0.4, -0.2) is 27.2 Å². The Balaban J connectivity index is 1.83. The summed E-state index contributed by atoms with van der Waals surface area (Å²) in [4.78, 5) is 11.9. The summed E-state index contributed by atoms with van der Waals surface area (Å²) in [7, 11) is -3.26. The third-order valence-electron chi connectivity index (χ3n) is 3.13. The van der Waals surface area contributed by atoms with Gasteiger partial charge in [-0.05, 0) is 48.4 Å². The number of rotatable bonds is 5. The third kappa shape index (κ3) is 5.37. The Labute approximate surface area is 134 Å². The smallest absolute Gasteiger partial charge is 0.319 e. The number of amides is 2. The van der Waals surface area contributed by atoms with Crippen LogP contribution >= 0.6 is 0 Å². The van der Waals surface area contributed by atoms with E-state index in [1.165, 1.54) is 36.4 Å². The number of hydrogen-bond acceptors (Lipinski definition) is 3. The van der Waals surface area contributed by atoms with Crippen LogP contribution in [0.4, 0.5) is 14.9 Å². The molecule has 0 fully saturated rings.